The first-order valence-electron chi connectivity index (χ1n) is 3.67. The van der Waals surface area contributed by atoms with Gasteiger partial charge in [0.05, 0.1) is 11.4 Å². The van der Waals surface area contributed by atoms with Gasteiger partial charge in [0.15, 0.2) is 0 Å². The summed E-state index contributed by atoms with van der Waals surface area (Å²) in [6.45, 7) is 4.22. The van der Waals surface area contributed by atoms with Gasteiger partial charge in [-0.2, -0.15) is 0 Å². The van der Waals surface area contributed by atoms with Gasteiger partial charge in [-0.3, -0.25) is 4.68 Å². The van der Waals surface area contributed by atoms with Gasteiger partial charge >= 0.3 is 0 Å². The second kappa shape index (κ2) is 2.82. The van der Waals surface area contributed by atoms with E-state index in [2.05, 4.69) is 24.2 Å². The fraction of sp³-hybridized carbons (Fsp3) is 0.714. The molecular formula is C7H13N3. The molecule has 0 radical (unpaired) electrons. The highest BCUT2D eigenvalue weighted by Crippen LogP contribution is 2.04. The van der Waals surface area contributed by atoms with Crippen LogP contribution < -0.4 is 0 Å². The normalized spacial score (nSPS) is 10.3. The van der Waals surface area contributed by atoms with Crippen molar-refractivity contribution in [2.24, 2.45) is 7.05 Å². The van der Waals surface area contributed by atoms with E-state index in [4.69, 9.17) is 0 Å². The topological polar surface area (TPSA) is 30.7 Å². The van der Waals surface area contributed by atoms with Crippen LogP contribution in [-0.4, -0.2) is 15.0 Å². The van der Waals surface area contributed by atoms with Gasteiger partial charge in [0.1, 0.15) is 0 Å². The first-order chi connectivity index (χ1) is 4.79. The van der Waals surface area contributed by atoms with Gasteiger partial charge in [0.25, 0.3) is 0 Å². The molecule has 0 fully saturated rings. The fourth-order valence-electron chi connectivity index (χ4n) is 1.13. The molecule has 0 saturated carbocycles. The van der Waals surface area contributed by atoms with E-state index < -0.39 is 0 Å². The number of aromatic nitrogens is 3. The average molecular weight is 139 g/mol. The summed E-state index contributed by atoms with van der Waals surface area (Å²) in [4.78, 5) is 0. The Bertz CT molecular complexity index is 215. The predicted molar refractivity (Wildman–Crippen MR) is 39.8 cm³/mol. The Morgan fingerprint density at radius 2 is 2.00 bits per heavy atom. The number of nitrogens with zero attached hydrogens (tertiary/aromatic N) is 3. The zero-order valence-corrected chi connectivity index (χ0v) is 6.76. The molecule has 0 N–H and O–H groups in total. The summed E-state index contributed by atoms with van der Waals surface area (Å²) in [6, 6.07) is 0. The minimum Gasteiger partial charge on any atom is -0.252 e. The van der Waals surface area contributed by atoms with Crippen molar-refractivity contribution in [1.29, 1.82) is 0 Å². The van der Waals surface area contributed by atoms with E-state index in [1.165, 1.54) is 5.69 Å². The first-order valence-corrected chi connectivity index (χ1v) is 3.67. The van der Waals surface area contributed by atoms with Crippen molar-refractivity contribution in [3.8, 4) is 0 Å². The first kappa shape index (κ1) is 7.25. The van der Waals surface area contributed by atoms with E-state index in [0.717, 1.165) is 18.5 Å². The molecule has 0 amide bonds. The molecule has 1 aromatic rings. The van der Waals surface area contributed by atoms with Crippen molar-refractivity contribution in [3.05, 3.63) is 11.4 Å². The average Bonchev–Trinajstić information content (AvgIpc) is 2.30. The van der Waals surface area contributed by atoms with Crippen molar-refractivity contribution >= 4 is 0 Å². The maximum Gasteiger partial charge on any atom is 0.0856 e. The van der Waals surface area contributed by atoms with E-state index in [1.54, 1.807) is 0 Å². The zero-order valence-electron chi connectivity index (χ0n) is 6.76. The molecular weight excluding hydrogens is 126 g/mol. The minimum absolute atomic E-state index is 0.983. The van der Waals surface area contributed by atoms with Crippen LogP contribution in [0, 0.1) is 0 Å². The molecule has 10 heavy (non-hydrogen) atoms. The molecule has 3 nitrogen and oxygen atoms in total. The molecule has 0 unspecified atom stereocenters. The van der Waals surface area contributed by atoms with Crippen LogP contribution in [0.25, 0.3) is 0 Å². The third-order valence-electron chi connectivity index (χ3n) is 1.69. The Balaban J connectivity index is 3.01. The lowest BCUT2D eigenvalue weighted by molar-refractivity contribution is 0.682. The molecule has 0 spiro atoms. The smallest absolute Gasteiger partial charge is 0.0856 e. The molecule has 1 rings (SSSR count). The molecule has 0 aliphatic rings. The summed E-state index contributed by atoms with van der Waals surface area (Å²) in [5.41, 5.74) is 2.38. The second-order valence-electron chi connectivity index (χ2n) is 2.31. The summed E-state index contributed by atoms with van der Waals surface area (Å²) >= 11 is 0. The summed E-state index contributed by atoms with van der Waals surface area (Å²) in [5.74, 6) is 0. The largest absolute Gasteiger partial charge is 0.252 e. The molecule has 0 aliphatic heterocycles. The number of rotatable bonds is 2. The molecule has 3 heteroatoms. The van der Waals surface area contributed by atoms with Crippen LogP contribution in [0.15, 0.2) is 0 Å². The van der Waals surface area contributed by atoms with Gasteiger partial charge in [-0.1, -0.05) is 19.1 Å². The van der Waals surface area contributed by atoms with Crippen molar-refractivity contribution in [2.45, 2.75) is 26.7 Å². The third-order valence-corrected chi connectivity index (χ3v) is 1.69. The number of hydrogen-bond acceptors (Lipinski definition) is 2. The highest BCUT2D eigenvalue weighted by atomic mass is 15.4. The van der Waals surface area contributed by atoms with Crippen molar-refractivity contribution < 1.29 is 0 Å². The standard InChI is InChI=1S/C7H13N3/c1-4-6-7(5-2)10(3)9-8-6/h4-5H2,1-3H3. The molecule has 0 bridgehead atoms. The lowest BCUT2D eigenvalue weighted by atomic mass is 10.2. The van der Waals surface area contributed by atoms with E-state index in [1.807, 2.05) is 11.7 Å². The van der Waals surface area contributed by atoms with Crippen LogP contribution in [0.1, 0.15) is 25.2 Å². The molecule has 0 atom stereocenters. The Kier molecular flexibility index (Phi) is 2.04. The Morgan fingerprint density at radius 3 is 2.40 bits per heavy atom. The Hall–Kier alpha value is -0.860. The van der Waals surface area contributed by atoms with Crippen LogP contribution in [-0.2, 0) is 19.9 Å². The van der Waals surface area contributed by atoms with Crippen LogP contribution in [0.3, 0.4) is 0 Å². The number of aryl methyl sites for hydroxylation is 2. The fourth-order valence-corrected chi connectivity index (χ4v) is 1.13. The van der Waals surface area contributed by atoms with Gasteiger partial charge < -0.3 is 0 Å². The maximum absolute atomic E-state index is 4.02. The number of hydrogen-bond donors (Lipinski definition) is 0. The summed E-state index contributed by atoms with van der Waals surface area (Å²) in [6.07, 6.45) is 2.00. The molecule has 1 heterocycles. The quantitative estimate of drug-likeness (QED) is 0.610. The summed E-state index contributed by atoms with van der Waals surface area (Å²) in [7, 11) is 1.94. The molecule has 0 aliphatic carbocycles. The Morgan fingerprint density at radius 1 is 1.30 bits per heavy atom. The maximum atomic E-state index is 4.02. The van der Waals surface area contributed by atoms with Gasteiger partial charge in [-0.05, 0) is 12.8 Å². The van der Waals surface area contributed by atoms with Crippen molar-refractivity contribution in [2.75, 3.05) is 0 Å². The summed E-state index contributed by atoms with van der Waals surface area (Å²) < 4.78 is 1.85. The third kappa shape index (κ3) is 1.03. The van der Waals surface area contributed by atoms with Gasteiger partial charge in [0.2, 0.25) is 0 Å². The molecule has 0 aromatic carbocycles. The molecule has 0 saturated heterocycles. The van der Waals surface area contributed by atoms with E-state index in [0.29, 0.717) is 0 Å². The van der Waals surface area contributed by atoms with Crippen molar-refractivity contribution in [3.63, 3.8) is 0 Å². The Labute approximate surface area is 61.1 Å². The molecule has 1 aromatic heterocycles. The van der Waals surface area contributed by atoms with Gasteiger partial charge in [-0.25, -0.2) is 0 Å². The highest BCUT2D eigenvalue weighted by molar-refractivity contribution is 5.08. The minimum atomic E-state index is 0.983. The van der Waals surface area contributed by atoms with Crippen LogP contribution in [0.5, 0.6) is 0 Å². The zero-order chi connectivity index (χ0) is 7.56. The van der Waals surface area contributed by atoms with E-state index >= 15 is 0 Å². The highest BCUT2D eigenvalue weighted by Gasteiger charge is 2.04. The SMILES string of the molecule is CCc1nnn(C)c1CC. The van der Waals surface area contributed by atoms with E-state index in [9.17, 15) is 0 Å². The predicted octanol–water partition coefficient (Wildman–Crippen LogP) is 0.940. The second-order valence-corrected chi connectivity index (χ2v) is 2.31. The van der Waals surface area contributed by atoms with Crippen LogP contribution >= 0.6 is 0 Å². The van der Waals surface area contributed by atoms with Gasteiger partial charge in [0, 0.05) is 7.05 Å². The van der Waals surface area contributed by atoms with Crippen LogP contribution in [0.4, 0.5) is 0 Å². The van der Waals surface area contributed by atoms with E-state index in [-0.39, 0.29) is 0 Å². The molecule has 56 valence electrons. The van der Waals surface area contributed by atoms with Gasteiger partial charge in [-0.15, -0.1) is 5.10 Å². The van der Waals surface area contributed by atoms with Crippen LogP contribution in [0.2, 0.25) is 0 Å². The lowest BCUT2D eigenvalue weighted by Crippen LogP contribution is -1.97. The summed E-state index contributed by atoms with van der Waals surface area (Å²) in [5, 5.41) is 7.94. The monoisotopic (exact) mass is 139 g/mol. The lowest BCUT2D eigenvalue weighted by Gasteiger charge is -1.96. The van der Waals surface area contributed by atoms with Crippen molar-refractivity contribution in [1.82, 2.24) is 15.0 Å².